The molecule has 1 heterocycles. The number of rotatable bonds is 12. The maximum atomic E-state index is 13.7. The lowest BCUT2D eigenvalue weighted by molar-refractivity contribution is -0.0556. The Kier molecular flexibility index (Phi) is 9.24. The maximum absolute atomic E-state index is 13.7. The van der Waals surface area contributed by atoms with Crippen LogP contribution in [0.3, 0.4) is 0 Å². The number of aliphatic hydroxyl groups excluding tert-OH is 1. The van der Waals surface area contributed by atoms with Crippen molar-refractivity contribution in [2.75, 3.05) is 11.9 Å². The summed E-state index contributed by atoms with van der Waals surface area (Å²) in [6.07, 6.45) is 7.49. The molecule has 4 nitrogen and oxygen atoms in total. The topological polar surface area (TPSA) is 58.0 Å². The Bertz CT molecular complexity index is 787. The molecular weight excluding hydrogens is 396 g/mol. The number of nitrogens with zero attached hydrogens (tertiary/aromatic N) is 2. The molecule has 0 radical (unpaired) electrons. The molecule has 0 spiro atoms. The van der Waals surface area contributed by atoms with Crippen LogP contribution in [0.25, 0.3) is 0 Å². The van der Waals surface area contributed by atoms with Crippen molar-refractivity contribution in [1.82, 2.24) is 9.97 Å². The molecule has 2 aromatic rings. The second-order valence-corrected chi connectivity index (χ2v) is 7.54. The van der Waals surface area contributed by atoms with Crippen LogP contribution in [0.15, 0.2) is 24.3 Å². The van der Waals surface area contributed by atoms with E-state index in [9.17, 15) is 8.78 Å². The Morgan fingerprint density at radius 2 is 1.86 bits per heavy atom. The van der Waals surface area contributed by atoms with Crippen LogP contribution >= 0.6 is 11.6 Å². The van der Waals surface area contributed by atoms with Crippen molar-refractivity contribution >= 4 is 17.4 Å². The van der Waals surface area contributed by atoms with Crippen molar-refractivity contribution in [2.45, 2.75) is 71.3 Å². The molecule has 160 valence electrons. The first kappa shape index (κ1) is 23.5. The van der Waals surface area contributed by atoms with E-state index in [2.05, 4.69) is 22.2 Å². The quantitative estimate of drug-likeness (QED) is 0.328. The molecule has 2 N–H and O–H groups in total. The predicted octanol–water partition coefficient (Wildman–Crippen LogP) is 5.90. The molecule has 0 unspecified atom stereocenters. The number of aryl methyl sites for hydroxylation is 1. The van der Waals surface area contributed by atoms with E-state index in [4.69, 9.17) is 16.7 Å². The van der Waals surface area contributed by atoms with Gasteiger partial charge in [-0.15, -0.1) is 0 Å². The van der Waals surface area contributed by atoms with Gasteiger partial charge in [0, 0.05) is 17.7 Å². The predicted molar refractivity (Wildman–Crippen MR) is 114 cm³/mol. The van der Waals surface area contributed by atoms with Gasteiger partial charge < -0.3 is 10.4 Å². The number of hydrogen-bond acceptors (Lipinski definition) is 4. The average molecular weight is 426 g/mol. The Hall–Kier alpha value is -1.79. The highest BCUT2D eigenvalue weighted by molar-refractivity contribution is 6.28. The fourth-order valence-corrected chi connectivity index (χ4v) is 3.49. The number of unbranched alkanes of at least 4 members (excludes halogenated alkanes) is 4. The summed E-state index contributed by atoms with van der Waals surface area (Å²) < 4.78 is 27.5. The lowest BCUT2D eigenvalue weighted by atomic mass is 10.0. The molecule has 1 aromatic carbocycles. The first-order chi connectivity index (χ1) is 13.9. The molecule has 0 aliphatic carbocycles. The van der Waals surface area contributed by atoms with Gasteiger partial charge in [0.2, 0.25) is 5.28 Å². The van der Waals surface area contributed by atoms with Gasteiger partial charge in [-0.1, -0.05) is 57.7 Å². The van der Waals surface area contributed by atoms with Gasteiger partial charge in [-0.25, -0.2) is 9.97 Å². The number of hydrogen-bond donors (Lipinski definition) is 2. The van der Waals surface area contributed by atoms with Gasteiger partial charge in [0.15, 0.2) is 0 Å². The van der Waals surface area contributed by atoms with Gasteiger partial charge in [-0.3, -0.25) is 0 Å². The van der Waals surface area contributed by atoms with E-state index in [1.807, 2.05) is 6.92 Å². The maximum Gasteiger partial charge on any atom is 0.295 e. The summed E-state index contributed by atoms with van der Waals surface area (Å²) >= 11 is 6.14. The lowest BCUT2D eigenvalue weighted by Crippen LogP contribution is -2.18. The normalized spacial score (nSPS) is 11.7. The summed E-state index contributed by atoms with van der Waals surface area (Å²) in [6, 6.07) is 6.03. The first-order valence-corrected chi connectivity index (χ1v) is 10.7. The van der Waals surface area contributed by atoms with E-state index in [1.165, 1.54) is 31.4 Å². The smallest absolute Gasteiger partial charge is 0.295 e. The minimum Gasteiger partial charge on any atom is -0.390 e. The third-order valence-corrected chi connectivity index (χ3v) is 5.11. The molecule has 0 bridgehead atoms. The highest BCUT2D eigenvalue weighted by Crippen LogP contribution is 2.28. The number of benzene rings is 1. The Morgan fingerprint density at radius 3 is 2.55 bits per heavy atom. The van der Waals surface area contributed by atoms with Gasteiger partial charge in [-0.05, 0) is 42.5 Å². The standard InChI is InChI=1S/C22H30ClF2N3O/c1-3-5-6-7-8-12-19-18(4-2)20(28-21(23)27-19)26-14-16-10-9-11-17(13-16)22(24,25)15-29/h9-11,13,29H,3-8,12,14-15H2,1-2H3,(H,26,27,28). The average Bonchev–Trinajstić information content (AvgIpc) is 2.72. The summed E-state index contributed by atoms with van der Waals surface area (Å²) in [7, 11) is 0. The summed E-state index contributed by atoms with van der Waals surface area (Å²) in [4.78, 5) is 8.74. The van der Waals surface area contributed by atoms with Gasteiger partial charge in [0.1, 0.15) is 12.4 Å². The van der Waals surface area contributed by atoms with Crippen molar-refractivity contribution in [3.05, 3.63) is 51.9 Å². The van der Waals surface area contributed by atoms with Crippen molar-refractivity contribution in [2.24, 2.45) is 0 Å². The molecule has 1 aromatic heterocycles. The molecule has 7 heteroatoms. The molecule has 0 amide bonds. The van der Waals surface area contributed by atoms with Gasteiger partial charge in [-0.2, -0.15) is 8.78 Å². The molecule has 2 rings (SSSR count). The zero-order valence-corrected chi connectivity index (χ0v) is 17.9. The van der Waals surface area contributed by atoms with Crippen LogP contribution in [-0.4, -0.2) is 21.7 Å². The largest absolute Gasteiger partial charge is 0.390 e. The zero-order chi connectivity index (χ0) is 21.3. The second kappa shape index (κ2) is 11.4. The Balaban J connectivity index is 2.11. The summed E-state index contributed by atoms with van der Waals surface area (Å²) in [6.45, 7) is 3.34. The molecule has 0 atom stereocenters. The summed E-state index contributed by atoms with van der Waals surface area (Å²) in [5, 5.41) is 12.3. The van der Waals surface area contributed by atoms with Crippen molar-refractivity contribution in [3.63, 3.8) is 0 Å². The number of aromatic nitrogens is 2. The van der Waals surface area contributed by atoms with E-state index in [1.54, 1.807) is 12.1 Å². The highest BCUT2D eigenvalue weighted by atomic mass is 35.5. The SMILES string of the molecule is CCCCCCCc1nc(Cl)nc(NCc2cccc(C(F)(F)CO)c2)c1CC. The van der Waals surface area contributed by atoms with Crippen LogP contribution in [0.5, 0.6) is 0 Å². The molecule has 0 aliphatic rings. The van der Waals surface area contributed by atoms with Gasteiger partial charge in [0.05, 0.1) is 5.69 Å². The third-order valence-electron chi connectivity index (χ3n) is 4.94. The summed E-state index contributed by atoms with van der Waals surface area (Å²) in [5.74, 6) is -2.61. The minimum atomic E-state index is -3.26. The molecule has 29 heavy (non-hydrogen) atoms. The molecule has 0 saturated carbocycles. The van der Waals surface area contributed by atoms with Crippen LogP contribution < -0.4 is 5.32 Å². The molecule has 0 saturated heterocycles. The number of halogens is 3. The van der Waals surface area contributed by atoms with Crippen LogP contribution in [0, 0.1) is 0 Å². The van der Waals surface area contributed by atoms with E-state index in [0.717, 1.165) is 36.9 Å². The van der Waals surface area contributed by atoms with Gasteiger partial charge in [0.25, 0.3) is 5.92 Å². The molecule has 0 fully saturated rings. The van der Waals surface area contributed by atoms with Crippen LogP contribution in [0.4, 0.5) is 14.6 Å². The first-order valence-electron chi connectivity index (χ1n) is 10.3. The number of anilines is 1. The number of nitrogens with one attached hydrogen (secondary N) is 1. The Labute approximate surface area is 176 Å². The Morgan fingerprint density at radius 1 is 1.10 bits per heavy atom. The van der Waals surface area contributed by atoms with E-state index >= 15 is 0 Å². The monoisotopic (exact) mass is 425 g/mol. The lowest BCUT2D eigenvalue weighted by Gasteiger charge is -2.16. The van der Waals surface area contributed by atoms with Crippen molar-refractivity contribution in [1.29, 1.82) is 0 Å². The van der Waals surface area contributed by atoms with E-state index in [-0.39, 0.29) is 10.8 Å². The minimum absolute atomic E-state index is 0.189. The fraction of sp³-hybridized carbons (Fsp3) is 0.545. The summed E-state index contributed by atoms with van der Waals surface area (Å²) in [5.41, 5.74) is 2.44. The highest BCUT2D eigenvalue weighted by Gasteiger charge is 2.30. The van der Waals surface area contributed by atoms with E-state index < -0.39 is 12.5 Å². The fourth-order valence-electron chi connectivity index (χ4n) is 3.31. The van der Waals surface area contributed by atoms with Crippen molar-refractivity contribution in [3.8, 4) is 0 Å². The van der Waals surface area contributed by atoms with Gasteiger partial charge >= 0.3 is 0 Å². The molecule has 0 aliphatic heterocycles. The second-order valence-electron chi connectivity index (χ2n) is 7.20. The van der Waals surface area contributed by atoms with Crippen molar-refractivity contribution < 1.29 is 13.9 Å². The van der Waals surface area contributed by atoms with Crippen LogP contribution in [-0.2, 0) is 25.3 Å². The van der Waals surface area contributed by atoms with Crippen LogP contribution in [0.1, 0.15) is 68.3 Å². The van der Waals surface area contributed by atoms with Crippen LogP contribution in [0.2, 0.25) is 5.28 Å². The van der Waals surface area contributed by atoms with E-state index in [0.29, 0.717) is 17.9 Å². The zero-order valence-electron chi connectivity index (χ0n) is 17.1. The number of aliphatic hydroxyl groups is 1. The third kappa shape index (κ3) is 6.89. The number of alkyl halides is 2. The molecular formula is C22H30ClF2N3O.